The van der Waals surface area contributed by atoms with E-state index in [2.05, 4.69) is 20.4 Å². The summed E-state index contributed by atoms with van der Waals surface area (Å²) < 4.78 is 34.7. The fourth-order valence-corrected chi connectivity index (χ4v) is 9.01. The predicted octanol–water partition coefficient (Wildman–Crippen LogP) is 4.05. The van der Waals surface area contributed by atoms with Crippen molar-refractivity contribution in [1.82, 2.24) is 0 Å². The number of esters is 3. The molecule has 2 spiro atoms. The van der Waals surface area contributed by atoms with E-state index in [1.807, 2.05) is 0 Å². The van der Waals surface area contributed by atoms with E-state index >= 15 is 0 Å². The Bertz CT molecular complexity index is 1430. The first-order valence-electron chi connectivity index (χ1n) is 14.8. The standard InChI is InChI=1S/C33H38O10/c1-17-20-9-11-23-32-16-40-29(41-18(2)34)26(32)31(3,4)14-13-24(32)42-30(37)33(23,27(17)36)28(20)43-25(35)12-8-19-7-10-21(38-5)22(15-19)39-6/h7-8,10,12,15,20,23-24,26,28-29H,1,9,11,13-14,16H2,2-6H3/b12-8+/t20-,23-,24-,26?,28+,29?,32?,33?/m0/s1. The van der Waals surface area contributed by atoms with Crippen molar-refractivity contribution < 1.29 is 47.6 Å². The normalized spacial score (nSPS) is 37.2. The number of fused-ring (bicyclic) bond motifs is 1. The molecule has 230 valence electrons. The Balaban J connectivity index is 1.37. The molecular weight excluding hydrogens is 556 g/mol. The van der Waals surface area contributed by atoms with Crippen molar-refractivity contribution >= 4 is 29.8 Å². The highest BCUT2D eigenvalue weighted by atomic mass is 16.7. The first kappa shape index (κ1) is 29.4. The van der Waals surface area contributed by atoms with Crippen molar-refractivity contribution in [2.45, 2.75) is 65.0 Å². The van der Waals surface area contributed by atoms with E-state index in [0.29, 0.717) is 36.3 Å². The number of Topliss-reactive ketones (excluding diaryl/α,β-unsaturated/α-hetero) is 1. The number of ketones is 1. The van der Waals surface area contributed by atoms with Gasteiger partial charge >= 0.3 is 17.9 Å². The van der Waals surface area contributed by atoms with Gasteiger partial charge in [-0.1, -0.05) is 26.5 Å². The Hall–Kier alpha value is -3.66. The van der Waals surface area contributed by atoms with E-state index in [1.165, 1.54) is 27.2 Å². The van der Waals surface area contributed by atoms with Crippen LogP contribution in [0.25, 0.3) is 6.08 Å². The molecule has 3 aliphatic carbocycles. The summed E-state index contributed by atoms with van der Waals surface area (Å²) in [5.74, 6) is -2.61. The molecule has 0 amide bonds. The minimum absolute atomic E-state index is 0.160. The SMILES string of the molecule is C=C1C(=O)C23C(=O)O[C@H]4CCC(C)(C)C5C(OC(C)=O)OCC54[C@@H]2CC[C@@H]1[C@H]3OC(=O)/C=C/c1ccc(OC)c(OC)c1. The highest BCUT2D eigenvalue weighted by Gasteiger charge is 2.81. The van der Waals surface area contributed by atoms with Crippen LogP contribution in [0.2, 0.25) is 0 Å². The molecule has 10 nitrogen and oxygen atoms in total. The van der Waals surface area contributed by atoms with E-state index in [1.54, 1.807) is 24.3 Å². The average Bonchev–Trinajstić information content (AvgIpc) is 3.40. The smallest absolute Gasteiger partial charge is 0.331 e. The number of ether oxygens (including phenoxy) is 6. The summed E-state index contributed by atoms with van der Waals surface area (Å²) in [5, 5.41) is 0. The number of carbonyl (C=O) groups excluding carboxylic acids is 4. The van der Waals surface area contributed by atoms with Crippen LogP contribution in [0.15, 0.2) is 36.4 Å². The molecule has 2 heterocycles. The van der Waals surface area contributed by atoms with Crippen LogP contribution in [0.1, 0.15) is 52.0 Å². The number of carbonyl (C=O) groups is 4. The van der Waals surface area contributed by atoms with Gasteiger partial charge in [-0.25, -0.2) is 4.79 Å². The lowest BCUT2D eigenvalue weighted by Crippen LogP contribution is -2.71. The van der Waals surface area contributed by atoms with Crippen LogP contribution in [-0.2, 0) is 38.1 Å². The van der Waals surface area contributed by atoms with Gasteiger partial charge < -0.3 is 28.4 Å². The maximum atomic E-state index is 14.2. The van der Waals surface area contributed by atoms with Gasteiger partial charge in [-0.05, 0) is 66.4 Å². The molecule has 0 aromatic heterocycles. The van der Waals surface area contributed by atoms with E-state index in [9.17, 15) is 19.2 Å². The van der Waals surface area contributed by atoms with Gasteiger partial charge in [0.25, 0.3) is 0 Å². The van der Waals surface area contributed by atoms with Crippen LogP contribution in [0.5, 0.6) is 11.5 Å². The van der Waals surface area contributed by atoms with Crippen LogP contribution in [0, 0.1) is 34.0 Å². The Labute approximate surface area is 250 Å². The van der Waals surface area contributed by atoms with Gasteiger partial charge in [0.1, 0.15) is 12.2 Å². The first-order valence-corrected chi connectivity index (χ1v) is 14.8. The van der Waals surface area contributed by atoms with Crippen LogP contribution in [0.4, 0.5) is 0 Å². The van der Waals surface area contributed by atoms with E-state index in [4.69, 9.17) is 28.4 Å². The van der Waals surface area contributed by atoms with E-state index < -0.39 is 64.9 Å². The predicted molar refractivity (Wildman–Crippen MR) is 152 cm³/mol. The fourth-order valence-electron chi connectivity index (χ4n) is 9.01. The molecule has 43 heavy (non-hydrogen) atoms. The third kappa shape index (κ3) is 4.08. The third-order valence-electron chi connectivity index (χ3n) is 10.7. The second kappa shape index (κ2) is 10.2. The fraction of sp³-hybridized carbons (Fsp3) is 0.576. The summed E-state index contributed by atoms with van der Waals surface area (Å²) >= 11 is 0. The first-order chi connectivity index (χ1) is 20.4. The van der Waals surface area contributed by atoms with Crippen molar-refractivity contribution in [2.24, 2.45) is 34.0 Å². The molecule has 0 N–H and O–H groups in total. The average molecular weight is 595 g/mol. The third-order valence-corrected chi connectivity index (χ3v) is 10.7. The Morgan fingerprint density at radius 3 is 2.49 bits per heavy atom. The van der Waals surface area contributed by atoms with Crippen LogP contribution in [0.3, 0.4) is 0 Å². The van der Waals surface area contributed by atoms with Gasteiger partial charge in [0.2, 0.25) is 6.29 Å². The molecule has 2 bridgehead atoms. The van der Waals surface area contributed by atoms with Crippen molar-refractivity contribution in [2.75, 3.05) is 20.8 Å². The van der Waals surface area contributed by atoms with Crippen molar-refractivity contribution in [3.63, 3.8) is 0 Å². The van der Waals surface area contributed by atoms with Crippen molar-refractivity contribution in [3.05, 3.63) is 42.0 Å². The molecule has 10 heteroatoms. The molecule has 2 saturated heterocycles. The molecule has 5 aliphatic rings. The molecule has 6 rings (SSSR count). The number of hydrogen-bond acceptors (Lipinski definition) is 10. The molecule has 2 aliphatic heterocycles. The maximum Gasteiger partial charge on any atom is 0.331 e. The monoisotopic (exact) mass is 594 g/mol. The number of rotatable bonds is 6. The summed E-state index contributed by atoms with van der Waals surface area (Å²) in [7, 11) is 3.06. The Kier molecular flexibility index (Phi) is 6.99. The summed E-state index contributed by atoms with van der Waals surface area (Å²) in [4.78, 5) is 53.6. The summed E-state index contributed by atoms with van der Waals surface area (Å²) in [5.41, 5.74) is -1.95. The summed E-state index contributed by atoms with van der Waals surface area (Å²) in [6, 6.07) is 5.20. The van der Waals surface area contributed by atoms with Gasteiger partial charge in [-0.3, -0.25) is 14.4 Å². The van der Waals surface area contributed by atoms with Crippen LogP contribution < -0.4 is 9.47 Å². The number of methoxy groups -OCH3 is 2. The highest BCUT2D eigenvalue weighted by Crippen LogP contribution is 2.71. The largest absolute Gasteiger partial charge is 0.493 e. The van der Waals surface area contributed by atoms with Gasteiger partial charge in [-0.15, -0.1) is 0 Å². The molecule has 8 atom stereocenters. The number of benzene rings is 1. The van der Waals surface area contributed by atoms with Gasteiger partial charge in [-0.2, -0.15) is 0 Å². The summed E-state index contributed by atoms with van der Waals surface area (Å²) in [6.45, 7) is 9.76. The second-order valence-corrected chi connectivity index (χ2v) is 13.1. The van der Waals surface area contributed by atoms with Gasteiger partial charge in [0, 0.05) is 30.3 Å². The minimum Gasteiger partial charge on any atom is -0.493 e. The van der Waals surface area contributed by atoms with Crippen molar-refractivity contribution in [3.8, 4) is 11.5 Å². The summed E-state index contributed by atoms with van der Waals surface area (Å²) in [6.07, 6.45) is 2.76. The van der Waals surface area contributed by atoms with E-state index in [-0.39, 0.29) is 23.5 Å². The highest BCUT2D eigenvalue weighted by molar-refractivity contribution is 6.16. The zero-order valence-electron chi connectivity index (χ0n) is 25.2. The Morgan fingerprint density at radius 1 is 1.05 bits per heavy atom. The van der Waals surface area contributed by atoms with E-state index in [0.717, 1.165) is 6.42 Å². The lowest BCUT2D eigenvalue weighted by atomic mass is 9.43. The Morgan fingerprint density at radius 2 is 1.79 bits per heavy atom. The molecule has 4 unspecified atom stereocenters. The molecule has 5 fully saturated rings. The van der Waals surface area contributed by atoms with Gasteiger partial charge in [0.05, 0.1) is 20.8 Å². The lowest BCUT2D eigenvalue weighted by Gasteiger charge is -2.62. The van der Waals surface area contributed by atoms with Crippen LogP contribution >= 0.6 is 0 Å². The van der Waals surface area contributed by atoms with Gasteiger partial charge in [0.15, 0.2) is 22.7 Å². The zero-order valence-corrected chi connectivity index (χ0v) is 25.2. The van der Waals surface area contributed by atoms with Crippen molar-refractivity contribution in [1.29, 1.82) is 0 Å². The molecule has 0 radical (unpaired) electrons. The number of hydrogen-bond donors (Lipinski definition) is 0. The molecular formula is C33H38O10. The molecule has 1 aromatic rings. The topological polar surface area (TPSA) is 124 Å². The zero-order chi connectivity index (χ0) is 30.9. The molecule has 3 saturated carbocycles. The van der Waals surface area contributed by atoms with Crippen LogP contribution in [-0.4, -0.2) is 63.0 Å². The second-order valence-electron chi connectivity index (χ2n) is 13.1. The lowest BCUT2D eigenvalue weighted by molar-refractivity contribution is -0.252. The minimum atomic E-state index is -1.75. The maximum absolute atomic E-state index is 14.2. The molecule has 1 aromatic carbocycles. The quantitative estimate of drug-likeness (QED) is 0.206.